The van der Waals surface area contributed by atoms with Crippen LogP contribution in [-0.2, 0) is 6.54 Å². The zero-order chi connectivity index (χ0) is 11.4. The van der Waals surface area contributed by atoms with Crippen molar-refractivity contribution in [3.05, 3.63) is 35.8 Å². The Morgan fingerprint density at radius 2 is 2.31 bits per heavy atom. The van der Waals surface area contributed by atoms with E-state index < -0.39 is 0 Å². The third-order valence-electron chi connectivity index (χ3n) is 2.45. The molecule has 16 heavy (non-hydrogen) atoms. The van der Waals surface area contributed by atoms with Gasteiger partial charge >= 0.3 is 0 Å². The summed E-state index contributed by atoms with van der Waals surface area (Å²) in [7, 11) is 0. The molecule has 0 fully saturated rings. The summed E-state index contributed by atoms with van der Waals surface area (Å²) in [5, 5.41) is 15.5. The minimum absolute atomic E-state index is 0.753. The molecule has 0 bridgehead atoms. The van der Waals surface area contributed by atoms with Gasteiger partial charge in [-0.2, -0.15) is 10.2 Å². The predicted octanol–water partition coefficient (Wildman–Crippen LogP) is 1.08. The van der Waals surface area contributed by atoms with Gasteiger partial charge in [0.1, 0.15) is 0 Å². The maximum Gasteiger partial charge on any atom is 0.175 e. The third kappa shape index (κ3) is 2.09. The lowest BCUT2D eigenvalue weighted by Crippen LogP contribution is -2.12. The molecule has 0 spiro atoms. The van der Waals surface area contributed by atoms with Crippen molar-refractivity contribution in [2.45, 2.75) is 20.4 Å². The lowest BCUT2D eigenvalue weighted by Gasteiger charge is -2.03. The molecule has 5 heteroatoms. The van der Waals surface area contributed by atoms with Crippen LogP contribution in [-0.4, -0.2) is 26.5 Å². The summed E-state index contributed by atoms with van der Waals surface area (Å²) in [6.45, 7) is 5.91. The smallest absolute Gasteiger partial charge is 0.175 e. The van der Waals surface area contributed by atoms with Crippen molar-refractivity contribution < 1.29 is 0 Å². The summed E-state index contributed by atoms with van der Waals surface area (Å²) in [4.78, 5) is 0. The Hall–Kier alpha value is -1.75. The molecule has 0 aromatic carbocycles. The molecule has 5 nitrogen and oxygen atoms in total. The molecule has 0 radical (unpaired) electrons. The van der Waals surface area contributed by atoms with Gasteiger partial charge in [-0.15, -0.1) is 5.10 Å². The van der Waals surface area contributed by atoms with Gasteiger partial charge in [-0.1, -0.05) is 6.92 Å². The van der Waals surface area contributed by atoms with Crippen molar-refractivity contribution >= 4 is 0 Å². The summed E-state index contributed by atoms with van der Waals surface area (Å²) < 4.78 is 1.81. The molecule has 0 saturated heterocycles. The number of hydrogen-bond acceptors (Lipinski definition) is 4. The van der Waals surface area contributed by atoms with E-state index in [1.807, 2.05) is 25.3 Å². The maximum absolute atomic E-state index is 4.31. The van der Waals surface area contributed by atoms with E-state index in [0.717, 1.165) is 24.6 Å². The van der Waals surface area contributed by atoms with E-state index in [4.69, 9.17) is 0 Å². The maximum atomic E-state index is 4.31. The van der Waals surface area contributed by atoms with Gasteiger partial charge in [0, 0.05) is 24.0 Å². The summed E-state index contributed by atoms with van der Waals surface area (Å²) in [6.07, 6.45) is 3.52. The second kappa shape index (κ2) is 4.85. The molecule has 2 aromatic heterocycles. The molecular formula is C11H15N5. The highest BCUT2D eigenvalue weighted by Crippen LogP contribution is 2.11. The SMILES string of the molecule is CCNCc1cnn(-c2cccnn2)c1C. The first-order valence-electron chi connectivity index (χ1n) is 5.35. The van der Waals surface area contributed by atoms with Crippen LogP contribution in [0.4, 0.5) is 0 Å². The highest BCUT2D eigenvalue weighted by molar-refractivity contribution is 5.26. The molecule has 0 aliphatic rings. The van der Waals surface area contributed by atoms with Gasteiger partial charge in [0.25, 0.3) is 0 Å². The van der Waals surface area contributed by atoms with Gasteiger partial charge in [-0.05, 0) is 25.6 Å². The minimum atomic E-state index is 0.753. The summed E-state index contributed by atoms with van der Waals surface area (Å²) in [5.41, 5.74) is 2.29. The average molecular weight is 217 g/mol. The topological polar surface area (TPSA) is 55.6 Å². The molecule has 2 heterocycles. The van der Waals surface area contributed by atoms with Crippen LogP contribution in [0.15, 0.2) is 24.5 Å². The summed E-state index contributed by atoms with van der Waals surface area (Å²) in [5.74, 6) is 0.753. The van der Waals surface area contributed by atoms with Crippen LogP contribution in [0, 0.1) is 6.92 Å². The molecule has 84 valence electrons. The Balaban J connectivity index is 2.27. The van der Waals surface area contributed by atoms with Crippen molar-refractivity contribution in [1.29, 1.82) is 0 Å². The number of rotatable bonds is 4. The van der Waals surface area contributed by atoms with Crippen LogP contribution in [0.3, 0.4) is 0 Å². The van der Waals surface area contributed by atoms with E-state index in [2.05, 4.69) is 27.5 Å². The largest absolute Gasteiger partial charge is 0.313 e. The first-order chi connectivity index (χ1) is 7.83. The highest BCUT2D eigenvalue weighted by Gasteiger charge is 2.07. The fourth-order valence-corrected chi connectivity index (χ4v) is 1.51. The number of aromatic nitrogens is 4. The highest BCUT2D eigenvalue weighted by atomic mass is 15.3. The monoisotopic (exact) mass is 217 g/mol. The first-order valence-corrected chi connectivity index (χ1v) is 5.35. The lowest BCUT2D eigenvalue weighted by molar-refractivity contribution is 0.720. The van der Waals surface area contributed by atoms with E-state index in [1.54, 1.807) is 10.9 Å². The molecule has 2 rings (SSSR count). The minimum Gasteiger partial charge on any atom is -0.313 e. The molecule has 0 amide bonds. The molecule has 0 atom stereocenters. The Morgan fingerprint density at radius 1 is 1.44 bits per heavy atom. The van der Waals surface area contributed by atoms with Crippen LogP contribution in [0.2, 0.25) is 0 Å². The van der Waals surface area contributed by atoms with Crippen LogP contribution in [0.25, 0.3) is 5.82 Å². The van der Waals surface area contributed by atoms with Gasteiger partial charge in [0.15, 0.2) is 5.82 Å². The molecule has 2 aromatic rings. The van der Waals surface area contributed by atoms with Gasteiger partial charge in [-0.25, -0.2) is 4.68 Å². The fraction of sp³-hybridized carbons (Fsp3) is 0.364. The predicted molar refractivity (Wildman–Crippen MR) is 61.3 cm³/mol. The number of nitrogens with one attached hydrogen (secondary N) is 1. The Kier molecular flexibility index (Phi) is 3.26. The van der Waals surface area contributed by atoms with Crippen LogP contribution >= 0.6 is 0 Å². The van der Waals surface area contributed by atoms with E-state index in [0.29, 0.717) is 0 Å². The second-order valence-electron chi connectivity index (χ2n) is 3.53. The molecule has 0 saturated carbocycles. The normalized spacial score (nSPS) is 10.6. The number of nitrogens with zero attached hydrogens (tertiary/aromatic N) is 4. The molecule has 0 aliphatic heterocycles. The standard InChI is InChI=1S/C11H15N5/c1-3-12-7-10-8-14-16(9(10)2)11-5-4-6-13-15-11/h4-6,8,12H,3,7H2,1-2H3. The van der Waals surface area contributed by atoms with E-state index in [-0.39, 0.29) is 0 Å². The third-order valence-corrected chi connectivity index (χ3v) is 2.45. The van der Waals surface area contributed by atoms with Crippen molar-refractivity contribution in [1.82, 2.24) is 25.3 Å². The Morgan fingerprint density at radius 3 is 3.00 bits per heavy atom. The zero-order valence-electron chi connectivity index (χ0n) is 9.51. The van der Waals surface area contributed by atoms with Gasteiger partial charge in [0.2, 0.25) is 0 Å². The zero-order valence-corrected chi connectivity index (χ0v) is 9.51. The molecular weight excluding hydrogens is 202 g/mol. The second-order valence-corrected chi connectivity index (χ2v) is 3.53. The van der Waals surface area contributed by atoms with Gasteiger partial charge in [0.05, 0.1) is 6.20 Å². The molecule has 1 N–H and O–H groups in total. The Labute approximate surface area is 94.5 Å². The fourth-order valence-electron chi connectivity index (χ4n) is 1.51. The quantitative estimate of drug-likeness (QED) is 0.832. The van der Waals surface area contributed by atoms with Crippen molar-refractivity contribution in [3.63, 3.8) is 0 Å². The van der Waals surface area contributed by atoms with Crippen LogP contribution in [0.1, 0.15) is 18.2 Å². The van der Waals surface area contributed by atoms with Crippen molar-refractivity contribution in [2.75, 3.05) is 6.54 Å². The average Bonchev–Trinajstić information content (AvgIpc) is 2.69. The van der Waals surface area contributed by atoms with E-state index >= 15 is 0 Å². The van der Waals surface area contributed by atoms with Crippen LogP contribution in [0.5, 0.6) is 0 Å². The van der Waals surface area contributed by atoms with Gasteiger partial charge in [-0.3, -0.25) is 0 Å². The molecule has 0 aliphatic carbocycles. The van der Waals surface area contributed by atoms with Gasteiger partial charge < -0.3 is 5.32 Å². The first kappa shape index (κ1) is 10.8. The van der Waals surface area contributed by atoms with E-state index in [1.165, 1.54) is 5.56 Å². The van der Waals surface area contributed by atoms with Crippen LogP contribution < -0.4 is 5.32 Å². The lowest BCUT2D eigenvalue weighted by atomic mass is 10.2. The Bertz CT molecular complexity index is 449. The molecule has 0 unspecified atom stereocenters. The summed E-state index contributed by atoms with van der Waals surface area (Å²) >= 11 is 0. The summed E-state index contributed by atoms with van der Waals surface area (Å²) in [6, 6.07) is 3.75. The van der Waals surface area contributed by atoms with Crippen molar-refractivity contribution in [2.24, 2.45) is 0 Å². The van der Waals surface area contributed by atoms with Crippen molar-refractivity contribution in [3.8, 4) is 5.82 Å². The van der Waals surface area contributed by atoms with E-state index in [9.17, 15) is 0 Å². The number of hydrogen-bond donors (Lipinski definition) is 1.